The van der Waals surface area contributed by atoms with Gasteiger partial charge >= 0.3 is 6.18 Å². The van der Waals surface area contributed by atoms with Crippen molar-refractivity contribution in [1.82, 2.24) is 9.55 Å². The SMILES string of the molecule is COC[C@@H]1CN(c2ccc(C(F)(F)F)cc2)C(=O)c2c(C(=O)Nc3cccnc3)ccn21. The van der Waals surface area contributed by atoms with Gasteiger partial charge in [-0.2, -0.15) is 13.2 Å². The molecule has 0 saturated carbocycles. The molecule has 0 radical (unpaired) electrons. The van der Waals surface area contributed by atoms with Crippen LogP contribution in [0.25, 0.3) is 0 Å². The molecule has 166 valence electrons. The summed E-state index contributed by atoms with van der Waals surface area (Å²) in [5.41, 5.74) is 0.249. The number of pyridine rings is 1. The molecule has 0 saturated heterocycles. The Hall–Kier alpha value is -3.66. The summed E-state index contributed by atoms with van der Waals surface area (Å²) in [6.45, 7) is 0.430. The van der Waals surface area contributed by atoms with Crippen molar-refractivity contribution in [2.24, 2.45) is 0 Å². The number of rotatable bonds is 5. The number of ether oxygens (including phenoxy) is 1. The number of methoxy groups -OCH3 is 1. The topological polar surface area (TPSA) is 76.5 Å². The van der Waals surface area contributed by atoms with E-state index >= 15 is 0 Å². The Morgan fingerprint density at radius 2 is 1.97 bits per heavy atom. The lowest BCUT2D eigenvalue weighted by atomic mass is 10.1. The van der Waals surface area contributed by atoms with Gasteiger partial charge in [-0.15, -0.1) is 0 Å². The number of anilines is 2. The van der Waals surface area contributed by atoms with E-state index in [1.165, 1.54) is 36.4 Å². The fourth-order valence-electron chi connectivity index (χ4n) is 3.68. The number of halogens is 3. The minimum Gasteiger partial charge on any atom is -0.382 e. The van der Waals surface area contributed by atoms with Crippen LogP contribution in [0.15, 0.2) is 61.1 Å². The molecule has 1 N–H and O–H groups in total. The first-order valence-electron chi connectivity index (χ1n) is 9.70. The Morgan fingerprint density at radius 3 is 2.59 bits per heavy atom. The van der Waals surface area contributed by atoms with Gasteiger partial charge in [-0.1, -0.05) is 0 Å². The number of aromatic nitrogens is 2. The Balaban J connectivity index is 1.69. The van der Waals surface area contributed by atoms with E-state index in [0.29, 0.717) is 11.4 Å². The molecule has 0 bridgehead atoms. The van der Waals surface area contributed by atoms with Crippen LogP contribution in [0.3, 0.4) is 0 Å². The van der Waals surface area contributed by atoms with Crippen molar-refractivity contribution in [2.45, 2.75) is 12.2 Å². The van der Waals surface area contributed by atoms with Crippen molar-refractivity contribution < 1.29 is 27.5 Å². The van der Waals surface area contributed by atoms with E-state index in [1.54, 1.807) is 29.1 Å². The van der Waals surface area contributed by atoms with Gasteiger partial charge in [0.15, 0.2) is 0 Å². The number of carbonyl (C=O) groups excluding carboxylic acids is 2. The van der Waals surface area contributed by atoms with Gasteiger partial charge in [-0.3, -0.25) is 14.6 Å². The lowest BCUT2D eigenvalue weighted by Crippen LogP contribution is -2.45. The molecule has 0 unspecified atom stereocenters. The zero-order valence-corrected chi connectivity index (χ0v) is 17.0. The number of nitrogens with one attached hydrogen (secondary N) is 1. The molecule has 0 aliphatic carbocycles. The van der Waals surface area contributed by atoms with E-state index in [-0.39, 0.29) is 30.5 Å². The van der Waals surface area contributed by atoms with E-state index in [4.69, 9.17) is 4.74 Å². The van der Waals surface area contributed by atoms with Crippen LogP contribution in [0, 0.1) is 0 Å². The molecule has 0 fully saturated rings. The van der Waals surface area contributed by atoms with Crippen LogP contribution < -0.4 is 10.2 Å². The van der Waals surface area contributed by atoms with Crippen LogP contribution in [0.5, 0.6) is 0 Å². The number of amides is 2. The molecule has 1 aliphatic heterocycles. The highest BCUT2D eigenvalue weighted by Crippen LogP contribution is 2.33. The number of nitrogens with zero attached hydrogens (tertiary/aromatic N) is 3. The highest BCUT2D eigenvalue weighted by Gasteiger charge is 2.36. The minimum absolute atomic E-state index is 0.139. The third-order valence-electron chi connectivity index (χ3n) is 5.18. The van der Waals surface area contributed by atoms with Crippen LogP contribution in [0.2, 0.25) is 0 Å². The van der Waals surface area contributed by atoms with Crippen molar-refractivity contribution in [3.63, 3.8) is 0 Å². The molecule has 4 rings (SSSR count). The summed E-state index contributed by atoms with van der Waals surface area (Å²) < 4.78 is 45.7. The maximum Gasteiger partial charge on any atom is 0.416 e. The largest absolute Gasteiger partial charge is 0.416 e. The van der Waals surface area contributed by atoms with Gasteiger partial charge in [0.1, 0.15) is 5.69 Å². The van der Waals surface area contributed by atoms with Crippen LogP contribution in [0.4, 0.5) is 24.5 Å². The lowest BCUT2D eigenvalue weighted by Gasteiger charge is -2.35. The summed E-state index contributed by atoms with van der Waals surface area (Å²) >= 11 is 0. The Bertz CT molecular complexity index is 1130. The maximum atomic E-state index is 13.3. The fourth-order valence-corrected chi connectivity index (χ4v) is 3.68. The highest BCUT2D eigenvalue weighted by molar-refractivity contribution is 6.16. The molecular formula is C22H19F3N4O3. The smallest absolute Gasteiger partial charge is 0.382 e. The predicted molar refractivity (Wildman–Crippen MR) is 111 cm³/mol. The highest BCUT2D eigenvalue weighted by atomic mass is 19.4. The van der Waals surface area contributed by atoms with Crippen molar-refractivity contribution in [1.29, 1.82) is 0 Å². The molecule has 3 aromatic rings. The van der Waals surface area contributed by atoms with Crippen LogP contribution in [0.1, 0.15) is 32.5 Å². The number of benzene rings is 1. The standard InChI is InChI=1S/C22H19F3N4O3/c1-32-13-17-12-29(16-6-4-14(5-7-16)22(23,24)25)21(31)19-18(8-10-28(17)19)20(30)27-15-3-2-9-26-11-15/h2-11,17H,12-13H2,1H3,(H,27,30)/t17-/m0/s1. The summed E-state index contributed by atoms with van der Waals surface area (Å²) in [5, 5.41) is 2.70. The fraction of sp³-hybridized carbons (Fsp3) is 0.227. The zero-order chi connectivity index (χ0) is 22.9. The maximum absolute atomic E-state index is 13.3. The zero-order valence-electron chi connectivity index (χ0n) is 17.0. The molecule has 7 nitrogen and oxygen atoms in total. The quantitative estimate of drug-likeness (QED) is 0.646. The molecule has 32 heavy (non-hydrogen) atoms. The molecule has 3 heterocycles. The summed E-state index contributed by atoms with van der Waals surface area (Å²) in [7, 11) is 1.51. The normalized spacial score (nSPS) is 16.1. The van der Waals surface area contributed by atoms with Gasteiger partial charge in [0.25, 0.3) is 11.8 Å². The average Bonchev–Trinajstić information content (AvgIpc) is 3.22. The number of fused-ring (bicyclic) bond motifs is 1. The third kappa shape index (κ3) is 4.09. The Labute approximate surface area is 181 Å². The van der Waals surface area contributed by atoms with E-state index < -0.39 is 23.6 Å². The van der Waals surface area contributed by atoms with Gasteiger partial charge in [0.05, 0.1) is 35.7 Å². The van der Waals surface area contributed by atoms with Crippen LogP contribution in [-0.2, 0) is 10.9 Å². The van der Waals surface area contributed by atoms with E-state index in [0.717, 1.165) is 12.1 Å². The first-order chi connectivity index (χ1) is 15.3. The van der Waals surface area contributed by atoms with Crippen molar-refractivity contribution in [2.75, 3.05) is 30.5 Å². The molecule has 0 spiro atoms. The van der Waals surface area contributed by atoms with Crippen molar-refractivity contribution >= 4 is 23.2 Å². The minimum atomic E-state index is -4.48. The summed E-state index contributed by atoms with van der Waals surface area (Å²) in [4.78, 5) is 31.5. The summed E-state index contributed by atoms with van der Waals surface area (Å²) in [6.07, 6.45) is 0.204. The van der Waals surface area contributed by atoms with E-state index in [9.17, 15) is 22.8 Å². The molecule has 2 amide bonds. The first kappa shape index (κ1) is 21.6. The molecule has 2 aromatic heterocycles. The second-order valence-electron chi connectivity index (χ2n) is 7.25. The van der Waals surface area contributed by atoms with E-state index in [2.05, 4.69) is 10.3 Å². The monoisotopic (exact) mass is 444 g/mol. The molecular weight excluding hydrogens is 425 g/mol. The van der Waals surface area contributed by atoms with Gasteiger partial charge in [0, 0.05) is 31.7 Å². The van der Waals surface area contributed by atoms with Gasteiger partial charge in [0.2, 0.25) is 0 Å². The first-order valence-corrected chi connectivity index (χ1v) is 9.70. The lowest BCUT2D eigenvalue weighted by molar-refractivity contribution is -0.137. The number of hydrogen-bond acceptors (Lipinski definition) is 4. The average molecular weight is 444 g/mol. The molecule has 10 heteroatoms. The summed E-state index contributed by atoms with van der Waals surface area (Å²) in [5.74, 6) is -0.982. The van der Waals surface area contributed by atoms with E-state index in [1.807, 2.05) is 0 Å². The second-order valence-corrected chi connectivity index (χ2v) is 7.25. The predicted octanol–water partition coefficient (Wildman–Crippen LogP) is 4.00. The van der Waals surface area contributed by atoms with Gasteiger partial charge in [-0.25, -0.2) is 0 Å². The van der Waals surface area contributed by atoms with Crippen molar-refractivity contribution in [3.8, 4) is 0 Å². The van der Waals surface area contributed by atoms with Gasteiger partial charge < -0.3 is 19.5 Å². The summed E-state index contributed by atoms with van der Waals surface area (Å²) in [6, 6.07) is 8.90. The van der Waals surface area contributed by atoms with Crippen LogP contribution in [-0.4, -0.2) is 41.6 Å². The van der Waals surface area contributed by atoms with Crippen LogP contribution >= 0.6 is 0 Å². The Kier molecular flexibility index (Phi) is 5.70. The van der Waals surface area contributed by atoms with Gasteiger partial charge in [-0.05, 0) is 42.5 Å². The van der Waals surface area contributed by atoms with Crippen molar-refractivity contribution in [3.05, 3.63) is 77.9 Å². The number of hydrogen-bond donors (Lipinski definition) is 1. The molecule has 1 aliphatic rings. The Morgan fingerprint density at radius 1 is 1.22 bits per heavy atom. The number of alkyl halides is 3. The number of carbonyl (C=O) groups is 2. The second kappa shape index (κ2) is 8.46. The molecule has 1 aromatic carbocycles. The third-order valence-corrected chi connectivity index (χ3v) is 5.18. The molecule has 1 atom stereocenters.